The topological polar surface area (TPSA) is 134 Å². The number of nitrogens with zero attached hydrogens (tertiary/aromatic N) is 1. The average Bonchev–Trinajstić information content (AvgIpc) is 2.64. The van der Waals surface area contributed by atoms with Crippen molar-refractivity contribution in [3.8, 4) is 23.7 Å². The van der Waals surface area contributed by atoms with E-state index in [0.29, 0.717) is 11.1 Å². The van der Waals surface area contributed by atoms with E-state index in [2.05, 4.69) is 11.8 Å². The van der Waals surface area contributed by atoms with Gasteiger partial charge in [-0.15, -0.1) is 0 Å². The molecule has 8 heteroatoms. The second kappa shape index (κ2) is 8.20. The number of rotatable bonds is 4. The van der Waals surface area contributed by atoms with Crippen LogP contribution in [0.15, 0.2) is 54.0 Å². The molecule has 0 heterocycles. The molecule has 0 atom stereocenters. The van der Waals surface area contributed by atoms with E-state index < -0.39 is 23.4 Å². The van der Waals surface area contributed by atoms with E-state index in [1.54, 1.807) is 24.3 Å². The van der Waals surface area contributed by atoms with Gasteiger partial charge in [-0.2, -0.15) is 5.26 Å². The highest BCUT2D eigenvalue weighted by molar-refractivity contribution is 5.85. The van der Waals surface area contributed by atoms with Gasteiger partial charge in [0.15, 0.2) is 5.70 Å². The third-order valence-corrected chi connectivity index (χ3v) is 3.10. The number of halogens is 1. The Balaban J connectivity index is 2.25. The van der Waals surface area contributed by atoms with Crippen LogP contribution in [-0.2, 0) is 4.79 Å². The van der Waals surface area contributed by atoms with E-state index >= 15 is 0 Å². The number of nitriles is 1. The lowest BCUT2D eigenvalue weighted by Gasteiger charge is -2.10. The van der Waals surface area contributed by atoms with Crippen molar-refractivity contribution in [3.63, 3.8) is 0 Å². The van der Waals surface area contributed by atoms with Crippen LogP contribution in [-0.4, -0.2) is 11.1 Å². The van der Waals surface area contributed by atoms with Crippen LogP contribution in [0.4, 0.5) is 4.39 Å². The van der Waals surface area contributed by atoms with Crippen LogP contribution in [0.25, 0.3) is 0 Å². The smallest absolute Gasteiger partial charge is 0.357 e. The van der Waals surface area contributed by atoms with Gasteiger partial charge in [-0.25, -0.2) is 15.0 Å². The molecular formula is C18H13FN4O3. The fraction of sp³-hybridized carbons (Fsp3) is 0. The van der Waals surface area contributed by atoms with Crippen molar-refractivity contribution in [3.05, 3.63) is 76.6 Å². The first-order chi connectivity index (χ1) is 12.4. The molecule has 6 N–H and O–H groups in total. The summed E-state index contributed by atoms with van der Waals surface area (Å²) in [6.07, 6.45) is 0. The number of carboxylic acid groups (broad SMARTS) is 1. The molecule has 0 unspecified atom stereocenters. The fourth-order valence-electron chi connectivity index (χ4n) is 1.84. The van der Waals surface area contributed by atoms with Crippen LogP contribution in [0.2, 0.25) is 0 Å². The van der Waals surface area contributed by atoms with Crippen LogP contribution >= 0.6 is 0 Å². The summed E-state index contributed by atoms with van der Waals surface area (Å²) >= 11 is 0. The molecule has 0 aliphatic rings. The molecule has 0 saturated heterocycles. The van der Waals surface area contributed by atoms with Crippen LogP contribution in [0.1, 0.15) is 16.7 Å². The van der Waals surface area contributed by atoms with Gasteiger partial charge in [0.2, 0.25) is 5.88 Å². The van der Waals surface area contributed by atoms with Gasteiger partial charge in [0, 0.05) is 11.6 Å². The Bertz CT molecular complexity index is 984. The fourth-order valence-corrected chi connectivity index (χ4v) is 1.84. The molecule has 0 saturated carbocycles. The molecule has 0 amide bonds. The van der Waals surface area contributed by atoms with E-state index in [9.17, 15) is 9.18 Å². The van der Waals surface area contributed by atoms with Crippen molar-refractivity contribution < 1.29 is 19.0 Å². The number of nitrogens with one attached hydrogen (secondary N) is 1. The summed E-state index contributed by atoms with van der Waals surface area (Å²) in [6.45, 7) is 0. The van der Waals surface area contributed by atoms with Crippen molar-refractivity contribution in [1.29, 1.82) is 5.26 Å². The minimum Gasteiger partial charge on any atom is -0.476 e. The van der Waals surface area contributed by atoms with Gasteiger partial charge in [-0.05, 0) is 30.3 Å². The zero-order valence-corrected chi connectivity index (χ0v) is 13.3. The maximum atomic E-state index is 14.2. The number of ether oxygens (including phenoxy) is 1. The third-order valence-electron chi connectivity index (χ3n) is 3.10. The second-order valence-corrected chi connectivity index (χ2v) is 4.88. The zero-order chi connectivity index (χ0) is 19.1. The number of aliphatic carboxylic acids is 1. The molecule has 2 rings (SSSR count). The van der Waals surface area contributed by atoms with Gasteiger partial charge in [0.1, 0.15) is 11.6 Å². The van der Waals surface area contributed by atoms with Crippen LogP contribution in [0, 0.1) is 29.0 Å². The molecule has 130 valence electrons. The van der Waals surface area contributed by atoms with Crippen molar-refractivity contribution >= 4 is 5.97 Å². The SMILES string of the molecule is N#Cc1cccc(C#Cc2ccc(O/C(NN)=C(/N)C(=O)O)cc2F)c1. The largest absolute Gasteiger partial charge is 0.476 e. The molecule has 0 spiro atoms. The number of nitrogens with two attached hydrogens (primary N) is 2. The van der Waals surface area contributed by atoms with E-state index in [0.717, 1.165) is 6.07 Å². The average molecular weight is 352 g/mol. The first-order valence-electron chi connectivity index (χ1n) is 7.14. The maximum Gasteiger partial charge on any atom is 0.357 e. The van der Waals surface area contributed by atoms with Gasteiger partial charge < -0.3 is 15.6 Å². The first-order valence-corrected chi connectivity index (χ1v) is 7.14. The summed E-state index contributed by atoms with van der Waals surface area (Å²) in [5, 5.41) is 17.7. The molecular weight excluding hydrogens is 339 g/mol. The summed E-state index contributed by atoms with van der Waals surface area (Å²) in [6, 6.07) is 12.3. The van der Waals surface area contributed by atoms with Crippen molar-refractivity contribution in [2.45, 2.75) is 0 Å². The molecule has 0 aromatic heterocycles. The normalized spacial score (nSPS) is 10.7. The lowest BCUT2D eigenvalue weighted by molar-refractivity contribution is -0.132. The zero-order valence-electron chi connectivity index (χ0n) is 13.3. The number of hydrogen-bond donors (Lipinski definition) is 4. The standard InChI is InChI=1S/C18H13FN4O3/c19-15-9-14(26-17(23-22)16(21)18(24)25)7-6-13(15)5-4-11-2-1-3-12(8-11)10-20/h1-3,6-9,23H,21-22H2,(H,24,25)/b17-16+. The van der Waals surface area contributed by atoms with Crippen molar-refractivity contribution in [2.75, 3.05) is 0 Å². The highest BCUT2D eigenvalue weighted by atomic mass is 19.1. The number of benzene rings is 2. The van der Waals surface area contributed by atoms with Crippen molar-refractivity contribution in [2.24, 2.45) is 11.6 Å². The number of carbonyl (C=O) groups is 1. The van der Waals surface area contributed by atoms with Gasteiger partial charge in [0.25, 0.3) is 0 Å². The summed E-state index contributed by atoms with van der Waals surface area (Å²) < 4.78 is 19.3. The Hall–Kier alpha value is -4.01. The molecule has 0 aliphatic heterocycles. The highest BCUT2D eigenvalue weighted by Crippen LogP contribution is 2.18. The van der Waals surface area contributed by atoms with Crippen LogP contribution < -0.4 is 21.7 Å². The summed E-state index contributed by atoms with van der Waals surface area (Å²) in [5.41, 5.74) is 7.75. The Morgan fingerprint density at radius 1 is 1.19 bits per heavy atom. The third kappa shape index (κ3) is 4.51. The van der Waals surface area contributed by atoms with Gasteiger partial charge in [-0.3, -0.25) is 5.43 Å². The quantitative estimate of drug-likeness (QED) is 0.213. The summed E-state index contributed by atoms with van der Waals surface area (Å²) in [5.74, 6) is 7.99. The predicted octanol–water partition coefficient (Wildman–Crippen LogP) is 1.15. The number of carboxylic acids is 1. The summed E-state index contributed by atoms with van der Waals surface area (Å²) in [4.78, 5) is 10.8. The molecule has 0 bridgehead atoms. The van der Waals surface area contributed by atoms with Gasteiger partial charge in [0.05, 0.1) is 17.2 Å². The molecule has 2 aromatic carbocycles. The Morgan fingerprint density at radius 3 is 2.54 bits per heavy atom. The summed E-state index contributed by atoms with van der Waals surface area (Å²) in [7, 11) is 0. The second-order valence-electron chi connectivity index (χ2n) is 4.88. The van der Waals surface area contributed by atoms with Gasteiger partial charge in [-0.1, -0.05) is 17.9 Å². The first kappa shape index (κ1) is 18.3. The Morgan fingerprint density at radius 2 is 1.92 bits per heavy atom. The predicted molar refractivity (Wildman–Crippen MR) is 90.3 cm³/mol. The Kier molecular flexibility index (Phi) is 5.78. The van der Waals surface area contributed by atoms with E-state index in [-0.39, 0.29) is 11.3 Å². The van der Waals surface area contributed by atoms with E-state index in [4.69, 9.17) is 26.7 Å². The highest BCUT2D eigenvalue weighted by Gasteiger charge is 2.13. The molecule has 7 nitrogen and oxygen atoms in total. The van der Waals surface area contributed by atoms with Crippen molar-refractivity contribution in [1.82, 2.24) is 5.43 Å². The monoisotopic (exact) mass is 352 g/mol. The minimum absolute atomic E-state index is 0.0170. The molecule has 0 aliphatic carbocycles. The molecule has 26 heavy (non-hydrogen) atoms. The number of hydrogen-bond acceptors (Lipinski definition) is 6. The van der Waals surface area contributed by atoms with E-state index in [1.807, 2.05) is 11.5 Å². The van der Waals surface area contributed by atoms with Crippen LogP contribution in [0.5, 0.6) is 5.75 Å². The Labute approximate surface area is 148 Å². The number of hydrazine groups is 1. The van der Waals surface area contributed by atoms with Crippen LogP contribution in [0.3, 0.4) is 0 Å². The molecule has 0 radical (unpaired) electrons. The minimum atomic E-state index is -1.44. The molecule has 0 fully saturated rings. The van der Waals surface area contributed by atoms with E-state index in [1.165, 1.54) is 12.1 Å². The maximum absolute atomic E-state index is 14.2. The lowest BCUT2D eigenvalue weighted by Crippen LogP contribution is -2.31. The lowest BCUT2D eigenvalue weighted by atomic mass is 10.1. The molecule has 2 aromatic rings. The van der Waals surface area contributed by atoms with Gasteiger partial charge >= 0.3 is 5.97 Å².